The summed E-state index contributed by atoms with van der Waals surface area (Å²) in [5, 5.41) is 8.18. The lowest BCUT2D eigenvalue weighted by Gasteiger charge is -2.33. The molecule has 1 fully saturated rings. The van der Waals surface area contributed by atoms with Crippen LogP contribution in [0.15, 0.2) is 41.2 Å². The molecule has 0 bridgehead atoms. The van der Waals surface area contributed by atoms with Crippen LogP contribution in [0.4, 0.5) is 0 Å². The highest BCUT2D eigenvalue weighted by molar-refractivity contribution is 7.88. The Hall–Kier alpha value is -3.24. The van der Waals surface area contributed by atoms with Crippen molar-refractivity contribution >= 4 is 26.7 Å². The third-order valence-corrected chi connectivity index (χ3v) is 7.52. The van der Waals surface area contributed by atoms with Crippen LogP contribution in [0.3, 0.4) is 0 Å². The molecule has 3 heterocycles. The van der Waals surface area contributed by atoms with Gasteiger partial charge in [0.1, 0.15) is 5.75 Å². The van der Waals surface area contributed by atoms with Crippen molar-refractivity contribution in [1.29, 1.82) is 0 Å². The molecule has 1 saturated heterocycles. The molecule has 1 N–H and O–H groups in total. The Kier molecular flexibility index (Phi) is 5.41. The third kappa shape index (κ3) is 4.11. The van der Waals surface area contributed by atoms with Crippen LogP contribution in [0.2, 0.25) is 0 Å². The normalized spacial score (nSPS) is 16.6. The third-order valence-electron chi connectivity index (χ3n) is 6.22. The molecule has 9 nitrogen and oxygen atoms in total. The first-order chi connectivity index (χ1) is 15.8. The fraction of sp³-hybridized carbons (Fsp3) is 0.348. The summed E-state index contributed by atoms with van der Waals surface area (Å²) >= 11 is 0. The average Bonchev–Trinajstić information content (AvgIpc) is 3.28. The molecule has 0 unspecified atom stereocenters. The highest BCUT2D eigenvalue weighted by atomic mass is 32.2. The number of rotatable bonds is 4. The minimum atomic E-state index is -3.27. The quantitative estimate of drug-likeness (QED) is 0.615. The number of carbonyl (C=O) groups is 1. The zero-order chi connectivity index (χ0) is 23.2. The second-order valence-electron chi connectivity index (χ2n) is 8.41. The molecule has 1 amide bonds. The Morgan fingerprint density at radius 2 is 1.85 bits per heavy atom. The van der Waals surface area contributed by atoms with Gasteiger partial charge in [-0.15, -0.1) is 0 Å². The van der Waals surface area contributed by atoms with Gasteiger partial charge in [0.25, 0.3) is 11.5 Å². The van der Waals surface area contributed by atoms with Gasteiger partial charge in [-0.05, 0) is 23.3 Å². The summed E-state index contributed by atoms with van der Waals surface area (Å²) in [7, 11) is -3.27. The highest BCUT2D eigenvalue weighted by Crippen LogP contribution is 2.33. The van der Waals surface area contributed by atoms with Gasteiger partial charge >= 0.3 is 0 Å². The van der Waals surface area contributed by atoms with Gasteiger partial charge < -0.3 is 9.64 Å². The highest BCUT2D eigenvalue weighted by Gasteiger charge is 2.30. The number of nitrogens with zero attached hydrogens (tertiary/aromatic N) is 3. The summed E-state index contributed by atoms with van der Waals surface area (Å²) < 4.78 is 30.8. The number of fused-ring (bicyclic) bond motifs is 2. The van der Waals surface area contributed by atoms with Crippen molar-refractivity contribution in [3.63, 3.8) is 0 Å². The first-order valence-corrected chi connectivity index (χ1v) is 12.7. The lowest BCUT2D eigenvalue weighted by atomic mass is 9.98. The number of aromatic amines is 1. The van der Waals surface area contributed by atoms with E-state index in [0.29, 0.717) is 49.2 Å². The molecule has 5 rings (SSSR count). The van der Waals surface area contributed by atoms with Crippen LogP contribution >= 0.6 is 0 Å². The van der Waals surface area contributed by atoms with Crippen LogP contribution in [0, 0.1) is 0 Å². The van der Waals surface area contributed by atoms with Crippen LogP contribution in [0.25, 0.3) is 10.8 Å². The molecule has 172 valence electrons. The summed E-state index contributed by atoms with van der Waals surface area (Å²) in [5.74, 6) is 0.441. The number of sulfonamides is 1. The van der Waals surface area contributed by atoms with Gasteiger partial charge in [-0.1, -0.05) is 24.3 Å². The lowest BCUT2D eigenvalue weighted by molar-refractivity contribution is 0.0694. The zero-order valence-electron chi connectivity index (χ0n) is 18.2. The smallest absolute Gasteiger partial charge is 0.272 e. The summed E-state index contributed by atoms with van der Waals surface area (Å²) in [6.45, 7) is 1.73. The van der Waals surface area contributed by atoms with Crippen LogP contribution < -0.4 is 10.3 Å². The number of amides is 1. The maximum Gasteiger partial charge on any atom is 0.272 e. The Labute approximate surface area is 191 Å². The fourth-order valence-electron chi connectivity index (χ4n) is 4.53. The van der Waals surface area contributed by atoms with Crippen LogP contribution in [0.5, 0.6) is 5.75 Å². The van der Waals surface area contributed by atoms with Gasteiger partial charge in [-0.2, -0.15) is 9.40 Å². The number of aromatic nitrogens is 2. The van der Waals surface area contributed by atoms with E-state index in [1.165, 1.54) is 10.6 Å². The molecule has 10 heteroatoms. The van der Waals surface area contributed by atoms with Gasteiger partial charge in [-0.25, -0.2) is 13.5 Å². The molecular formula is C23H24N4O5S. The van der Waals surface area contributed by atoms with Crippen LogP contribution in [-0.2, 0) is 22.9 Å². The number of nitrogens with one attached hydrogen (secondary N) is 1. The maximum absolute atomic E-state index is 13.4. The largest absolute Gasteiger partial charge is 0.492 e. The molecule has 0 spiro atoms. The SMILES string of the molecule is CS(=O)(=O)N1CCN(C(=O)c2cc(Cc3n[nH]c(=O)c4ccccc34)cc3c2OCC3)CC1. The van der Waals surface area contributed by atoms with E-state index < -0.39 is 10.0 Å². The second kappa shape index (κ2) is 8.27. The molecule has 2 aliphatic heterocycles. The van der Waals surface area contributed by atoms with Crippen molar-refractivity contribution < 1.29 is 17.9 Å². The van der Waals surface area contributed by atoms with Crippen molar-refractivity contribution in [2.24, 2.45) is 0 Å². The lowest BCUT2D eigenvalue weighted by Crippen LogP contribution is -2.50. The Morgan fingerprint density at radius 3 is 2.58 bits per heavy atom. The van der Waals surface area contributed by atoms with E-state index >= 15 is 0 Å². The molecule has 0 aliphatic carbocycles. The zero-order valence-corrected chi connectivity index (χ0v) is 19.0. The number of carbonyl (C=O) groups excluding carboxylic acids is 1. The minimum absolute atomic E-state index is 0.164. The summed E-state index contributed by atoms with van der Waals surface area (Å²) in [5.41, 5.74) is 2.85. The number of H-pyrrole nitrogens is 1. The van der Waals surface area contributed by atoms with Gasteiger partial charge in [0, 0.05) is 44.4 Å². The van der Waals surface area contributed by atoms with E-state index in [-0.39, 0.29) is 24.6 Å². The molecular weight excluding hydrogens is 444 g/mol. The van der Waals surface area contributed by atoms with E-state index in [2.05, 4.69) is 10.2 Å². The Balaban J connectivity index is 1.46. The fourth-order valence-corrected chi connectivity index (χ4v) is 5.35. The van der Waals surface area contributed by atoms with Gasteiger partial charge in [0.05, 0.1) is 29.5 Å². The van der Waals surface area contributed by atoms with Gasteiger partial charge in [-0.3, -0.25) is 9.59 Å². The molecule has 2 aliphatic rings. The number of benzene rings is 2. The molecule has 2 aromatic carbocycles. The number of piperazine rings is 1. The molecule has 33 heavy (non-hydrogen) atoms. The summed E-state index contributed by atoms with van der Waals surface area (Å²) in [6.07, 6.45) is 2.35. The Bertz CT molecular complexity index is 1410. The van der Waals surface area contributed by atoms with E-state index in [9.17, 15) is 18.0 Å². The molecule has 0 radical (unpaired) electrons. The van der Waals surface area contributed by atoms with Gasteiger partial charge in [0.15, 0.2) is 0 Å². The topological polar surface area (TPSA) is 113 Å². The molecule has 3 aromatic rings. The predicted molar refractivity (Wildman–Crippen MR) is 123 cm³/mol. The van der Waals surface area contributed by atoms with Crippen molar-refractivity contribution in [2.45, 2.75) is 12.8 Å². The number of ether oxygens (including phenoxy) is 1. The standard InChI is InChI=1S/C23H24N4O5S/c1-33(30,31)27-9-7-26(8-10-27)23(29)19-13-15(12-16-6-11-32-21(16)19)14-20-17-4-2-3-5-18(17)22(28)25-24-20/h2-5,12-13H,6-11,14H2,1H3,(H,25,28). The van der Waals surface area contributed by atoms with Crippen molar-refractivity contribution in [2.75, 3.05) is 39.0 Å². The summed E-state index contributed by atoms with van der Waals surface area (Å²) in [4.78, 5) is 27.2. The van der Waals surface area contributed by atoms with E-state index in [1.807, 2.05) is 30.3 Å². The van der Waals surface area contributed by atoms with Crippen LogP contribution in [0.1, 0.15) is 27.2 Å². The summed E-state index contributed by atoms with van der Waals surface area (Å²) in [6, 6.07) is 11.2. The van der Waals surface area contributed by atoms with Crippen LogP contribution in [-0.4, -0.2) is 72.8 Å². The maximum atomic E-state index is 13.4. The Morgan fingerprint density at radius 1 is 1.12 bits per heavy atom. The first-order valence-electron chi connectivity index (χ1n) is 10.8. The van der Waals surface area contributed by atoms with Crippen molar-refractivity contribution in [3.05, 3.63) is 69.1 Å². The van der Waals surface area contributed by atoms with Crippen molar-refractivity contribution in [3.8, 4) is 5.75 Å². The second-order valence-corrected chi connectivity index (χ2v) is 10.4. The van der Waals surface area contributed by atoms with E-state index in [0.717, 1.165) is 22.2 Å². The van der Waals surface area contributed by atoms with E-state index in [1.54, 1.807) is 11.0 Å². The van der Waals surface area contributed by atoms with Crippen molar-refractivity contribution in [1.82, 2.24) is 19.4 Å². The monoisotopic (exact) mass is 468 g/mol. The first kappa shape index (κ1) is 21.6. The van der Waals surface area contributed by atoms with Gasteiger partial charge in [0.2, 0.25) is 10.0 Å². The molecule has 0 saturated carbocycles. The number of hydrogen-bond donors (Lipinski definition) is 1. The average molecular weight is 469 g/mol. The molecule has 0 atom stereocenters. The predicted octanol–water partition coefficient (Wildman–Crippen LogP) is 1.17. The minimum Gasteiger partial charge on any atom is -0.492 e. The molecule has 1 aromatic heterocycles. The number of hydrogen-bond acceptors (Lipinski definition) is 6. The van der Waals surface area contributed by atoms with E-state index in [4.69, 9.17) is 4.74 Å².